The summed E-state index contributed by atoms with van der Waals surface area (Å²) >= 11 is 0. The van der Waals surface area contributed by atoms with Gasteiger partial charge in [-0.3, -0.25) is 0 Å². The smallest absolute Gasteiger partial charge is 0.161 e. The van der Waals surface area contributed by atoms with Gasteiger partial charge in [0, 0.05) is 12.6 Å². The Bertz CT molecular complexity index is 413. The van der Waals surface area contributed by atoms with E-state index in [1.165, 1.54) is 0 Å². The molecule has 0 fully saturated rings. The van der Waals surface area contributed by atoms with Crippen molar-refractivity contribution in [3.05, 3.63) is 23.8 Å². The first-order chi connectivity index (χ1) is 8.74. The number of benzene rings is 1. The number of hydrogen-bond acceptors (Lipinski definition) is 4. The van der Waals surface area contributed by atoms with Gasteiger partial charge < -0.3 is 14.8 Å². The molecule has 1 rings (SSSR count). The van der Waals surface area contributed by atoms with Crippen LogP contribution in [0.2, 0.25) is 0 Å². The minimum atomic E-state index is 0.239. The van der Waals surface area contributed by atoms with Crippen molar-refractivity contribution in [2.45, 2.75) is 32.4 Å². The number of nitriles is 1. The van der Waals surface area contributed by atoms with E-state index < -0.39 is 0 Å². The number of hydrogen-bond donors (Lipinski definition) is 1. The predicted molar refractivity (Wildman–Crippen MR) is 70.7 cm³/mol. The Hall–Kier alpha value is -1.73. The first-order valence-corrected chi connectivity index (χ1v) is 6.06. The maximum Gasteiger partial charge on any atom is 0.161 e. The van der Waals surface area contributed by atoms with Crippen molar-refractivity contribution in [2.75, 3.05) is 14.2 Å². The van der Waals surface area contributed by atoms with Gasteiger partial charge in [0.15, 0.2) is 11.5 Å². The summed E-state index contributed by atoms with van der Waals surface area (Å²) in [7, 11) is 3.25. The summed E-state index contributed by atoms with van der Waals surface area (Å²) in [5.74, 6) is 1.45. The molecule has 4 heteroatoms. The van der Waals surface area contributed by atoms with Crippen LogP contribution >= 0.6 is 0 Å². The highest BCUT2D eigenvalue weighted by molar-refractivity contribution is 5.42. The van der Waals surface area contributed by atoms with Gasteiger partial charge in [0.1, 0.15) is 0 Å². The van der Waals surface area contributed by atoms with Gasteiger partial charge in [0.25, 0.3) is 0 Å². The SMILES string of the molecule is CCC(CC#N)NCc1ccc(OC)c(OC)c1. The second-order valence-corrected chi connectivity index (χ2v) is 4.04. The third kappa shape index (κ3) is 3.94. The van der Waals surface area contributed by atoms with Crippen LogP contribution in [0.3, 0.4) is 0 Å². The van der Waals surface area contributed by atoms with E-state index in [1.54, 1.807) is 14.2 Å². The van der Waals surface area contributed by atoms with Crippen LogP contribution in [0, 0.1) is 11.3 Å². The van der Waals surface area contributed by atoms with Crippen LogP contribution in [0.4, 0.5) is 0 Å². The van der Waals surface area contributed by atoms with Crippen LogP contribution < -0.4 is 14.8 Å². The zero-order valence-electron chi connectivity index (χ0n) is 11.2. The molecule has 1 aromatic rings. The van der Waals surface area contributed by atoms with Crippen molar-refractivity contribution >= 4 is 0 Å². The molecule has 0 amide bonds. The van der Waals surface area contributed by atoms with Gasteiger partial charge in [-0.05, 0) is 24.1 Å². The van der Waals surface area contributed by atoms with Gasteiger partial charge in [-0.2, -0.15) is 5.26 Å². The Morgan fingerprint density at radius 1 is 1.28 bits per heavy atom. The first-order valence-electron chi connectivity index (χ1n) is 6.06. The second kappa shape index (κ2) is 7.57. The summed E-state index contributed by atoms with van der Waals surface area (Å²) < 4.78 is 10.4. The van der Waals surface area contributed by atoms with Crippen LogP contribution in [0.15, 0.2) is 18.2 Å². The molecule has 0 aromatic heterocycles. The van der Waals surface area contributed by atoms with Crippen LogP contribution in [-0.2, 0) is 6.54 Å². The maximum absolute atomic E-state index is 8.69. The molecule has 0 saturated heterocycles. The summed E-state index contributed by atoms with van der Waals surface area (Å²) in [4.78, 5) is 0. The van der Waals surface area contributed by atoms with Crippen LogP contribution in [-0.4, -0.2) is 20.3 Å². The van der Waals surface area contributed by atoms with Crippen molar-refractivity contribution < 1.29 is 9.47 Å². The molecule has 4 nitrogen and oxygen atoms in total. The third-order valence-electron chi connectivity index (χ3n) is 2.87. The summed E-state index contributed by atoms with van der Waals surface area (Å²) in [6.45, 7) is 2.80. The van der Waals surface area contributed by atoms with E-state index >= 15 is 0 Å². The molecule has 0 aliphatic carbocycles. The van der Waals surface area contributed by atoms with E-state index in [-0.39, 0.29) is 6.04 Å². The van der Waals surface area contributed by atoms with E-state index in [9.17, 15) is 0 Å². The molecule has 0 heterocycles. The number of methoxy groups -OCH3 is 2. The van der Waals surface area contributed by atoms with Crippen molar-refractivity contribution in [2.24, 2.45) is 0 Å². The Morgan fingerprint density at radius 3 is 2.56 bits per heavy atom. The molecule has 0 spiro atoms. The van der Waals surface area contributed by atoms with Crippen LogP contribution in [0.1, 0.15) is 25.3 Å². The van der Waals surface area contributed by atoms with E-state index in [0.717, 1.165) is 30.0 Å². The fourth-order valence-corrected chi connectivity index (χ4v) is 1.72. The predicted octanol–water partition coefficient (Wildman–Crippen LogP) is 2.49. The summed E-state index contributed by atoms with van der Waals surface area (Å²) in [6, 6.07) is 8.26. The molecule has 18 heavy (non-hydrogen) atoms. The summed E-state index contributed by atoms with van der Waals surface area (Å²) in [5.41, 5.74) is 1.11. The third-order valence-corrected chi connectivity index (χ3v) is 2.87. The minimum Gasteiger partial charge on any atom is -0.493 e. The van der Waals surface area contributed by atoms with Crippen molar-refractivity contribution in [3.63, 3.8) is 0 Å². The standard InChI is InChI=1S/C14H20N2O2/c1-4-12(7-8-15)16-10-11-5-6-13(17-2)14(9-11)18-3/h5-6,9,12,16H,4,7,10H2,1-3H3. The molecule has 0 radical (unpaired) electrons. The zero-order valence-corrected chi connectivity index (χ0v) is 11.2. The fraction of sp³-hybridized carbons (Fsp3) is 0.500. The average Bonchev–Trinajstić information content (AvgIpc) is 2.42. The van der Waals surface area contributed by atoms with Gasteiger partial charge >= 0.3 is 0 Å². The Morgan fingerprint density at radius 2 is 2.00 bits per heavy atom. The lowest BCUT2D eigenvalue weighted by atomic mass is 10.1. The normalized spacial score (nSPS) is 11.7. The molecule has 0 aliphatic rings. The molecule has 1 aromatic carbocycles. The van der Waals surface area contributed by atoms with Gasteiger partial charge in [0.2, 0.25) is 0 Å². The Balaban J connectivity index is 2.65. The van der Waals surface area contributed by atoms with Gasteiger partial charge in [0.05, 0.1) is 26.7 Å². The van der Waals surface area contributed by atoms with Gasteiger partial charge in [-0.15, -0.1) is 0 Å². The van der Waals surface area contributed by atoms with E-state index in [2.05, 4.69) is 18.3 Å². The monoisotopic (exact) mass is 248 g/mol. The first kappa shape index (κ1) is 14.3. The highest BCUT2D eigenvalue weighted by Gasteiger charge is 2.07. The number of rotatable bonds is 7. The van der Waals surface area contributed by atoms with E-state index in [0.29, 0.717) is 6.42 Å². The van der Waals surface area contributed by atoms with Crippen molar-refractivity contribution in [1.29, 1.82) is 5.26 Å². The molecular formula is C14H20N2O2. The Labute approximate surface area is 109 Å². The fourth-order valence-electron chi connectivity index (χ4n) is 1.72. The number of nitrogens with zero attached hydrogens (tertiary/aromatic N) is 1. The molecule has 0 saturated carbocycles. The highest BCUT2D eigenvalue weighted by Crippen LogP contribution is 2.27. The lowest BCUT2D eigenvalue weighted by Gasteiger charge is -2.14. The molecule has 1 atom stereocenters. The average molecular weight is 248 g/mol. The molecule has 1 unspecified atom stereocenters. The van der Waals surface area contributed by atoms with E-state index in [4.69, 9.17) is 14.7 Å². The molecule has 0 bridgehead atoms. The zero-order chi connectivity index (χ0) is 13.4. The largest absolute Gasteiger partial charge is 0.493 e. The minimum absolute atomic E-state index is 0.239. The molecular weight excluding hydrogens is 228 g/mol. The van der Waals surface area contributed by atoms with Gasteiger partial charge in [-0.25, -0.2) is 0 Å². The van der Waals surface area contributed by atoms with Crippen molar-refractivity contribution in [3.8, 4) is 17.6 Å². The molecule has 1 N–H and O–H groups in total. The quantitative estimate of drug-likeness (QED) is 0.805. The van der Waals surface area contributed by atoms with Gasteiger partial charge in [-0.1, -0.05) is 13.0 Å². The lowest BCUT2D eigenvalue weighted by molar-refractivity contribution is 0.354. The topological polar surface area (TPSA) is 54.3 Å². The number of ether oxygens (including phenoxy) is 2. The summed E-state index contributed by atoms with van der Waals surface area (Å²) in [6.07, 6.45) is 1.48. The molecule has 0 aliphatic heterocycles. The Kier molecular flexibility index (Phi) is 6.03. The second-order valence-electron chi connectivity index (χ2n) is 4.04. The maximum atomic E-state index is 8.69. The van der Waals surface area contributed by atoms with Crippen LogP contribution in [0.25, 0.3) is 0 Å². The summed E-state index contributed by atoms with van der Waals surface area (Å²) in [5, 5.41) is 12.0. The van der Waals surface area contributed by atoms with Crippen LogP contribution in [0.5, 0.6) is 11.5 Å². The number of nitrogens with one attached hydrogen (secondary N) is 1. The molecule has 98 valence electrons. The lowest BCUT2D eigenvalue weighted by Crippen LogP contribution is -2.27. The van der Waals surface area contributed by atoms with E-state index in [1.807, 2.05) is 18.2 Å². The van der Waals surface area contributed by atoms with Crippen molar-refractivity contribution in [1.82, 2.24) is 5.32 Å². The highest BCUT2D eigenvalue weighted by atomic mass is 16.5.